The Balaban J connectivity index is 1.24. The van der Waals surface area contributed by atoms with Crippen molar-refractivity contribution in [3.63, 3.8) is 0 Å². The van der Waals surface area contributed by atoms with Gasteiger partial charge in [-0.25, -0.2) is 4.98 Å². The molecule has 0 atom stereocenters. The highest BCUT2D eigenvalue weighted by Gasteiger charge is 2.26. The lowest BCUT2D eigenvalue weighted by Crippen LogP contribution is -2.53. The van der Waals surface area contributed by atoms with E-state index in [0.717, 1.165) is 29.4 Å². The molecule has 0 N–H and O–H groups in total. The first-order chi connectivity index (χ1) is 13.7. The molecule has 7 nitrogen and oxygen atoms in total. The average molecular weight is 421 g/mol. The number of ether oxygens (including phenoxy) is 1. The van der Waals surface area contributed by atoms with Crippen molar-refractivity contribution in [3.05, 3.63) is 27.9 Å². The summed E-state index contributed by atoms with van der Waals surface area (Å²) in [4.78, 5) is 35.6. The Bertz CT molecular complexity index is 794. The number of carbonyl (C=O) groups excluding carboxylic acids is 2. The summed E-state index contributed by atoms with van der Waals surface area (Å²) in [6, 6.07) is 2.04. The zero-order valence-electron chi connectivity index (χ0n) is 15.7. The summed E-state index contributed by atoms with van der Waals surface area (Å²) in [5.41, 5.74) is 1.93. The molecule has 9 heteroatoms. The van der Waals surface area contributed by atoms with Crippen LogP contribution in [0.15, 0.2) is 22.2 Å². The van der Waals surface area contributed by atoms with Gasteiger partial charge in [-0.15, -0.1) is 11.3 Å². The van der Waals surface area contributed by atoms with Gasteiger partial charge in [-0.05, 0) is 11.4 Å². The van der Waals surface area contributed by atoms with Crippen LogP contribution in [0.25, 0.3) is 10.6 Å². The summed E-state index contributed by atoms with van der Waals surface area (Å²) in [6.45, 7) is 5.85. The van der Waals surface area contributed by atoms with E-state index in [-0.39, 0.29) is 11.8 Å². The molecule has 28 heavy (non-hydrogen) atoms. The molecule has 0 aromatic carbocycles. The van der Waals surface area contributed by atoms with Gasteiger partial charge >= 0.3 is 0 Å². The minimum Gasteiger partial charge on any atom is -0.379 e. The van der Waals surface area contributed by atoms with Crippen LogP contribution in [0.1, 0.15) is 5.69 Å². The highest BCUT2D eigenvalue weighted by Crippen LogP contribution is 2.26. The minimum absolute atomic E-state index is 0.0856. The molecule has 0 spiro atoms. The molecule has 0 saturated carbocycles. The van der Waals surface area contributed by atoms with Crippen molar-refractivity contribution in [2.24, 2.45) is 0 Å². The molecule has 2 aliphatic heterocycles. The second-order valence-electron chi connectivity index (χ2n) is 6.98. The third-order valence-corrected chi connectivity index (χ3v) is 6.72. The topological polar surface area (TPSA) is 66.0 Å². The number of aromatic nitrogens is 1. The number of hydrogen-bond acceptors (Lipinski definition) is 7. The van der Waals surface area contributed by atoms with Crippen molar-refractivity contribution in [1.29, 1.82) is 0 Å². The number of thiazole rings is 1. The van der Waals surface area contributed by atoms with E-state index < -0.39 is 0 Å². The lowest BCUT2D eigenvalue weighted by atomic mass is 10.2. The molecule has 2 saturated heterocycles. The Morgan fingerprint density at radius 3 is 2.39 bits per heavy atom. The maximum absolute atomic E-state index is 12.6. The number of hydrogen-bond donors (Lipinski definition) is 0. The number of piperazine rings is 1. The number of morpholine rings is 1. The number of carbonyl (C=O) groups is 2. The van der Waals surface area contributed by atoms with E-state index in [9.17, 15) is 9.59 Å². The fourth-order valence-corrected chi connectivity index (χ4v) is 4.96. The number of nitrogens with zero attached hydrogens (tertiary/aromatic N) is 4. The molecular weight excluding hydrogens is 396 g/mol. The van der Waals surface area contributed by atoms with Gasteiger partial charge in [0.05, 0.1) is 31.9 Å². The lowest BCUT2D eigenvalue weighted by Gasteiger charge is -2.36. The zero-order chi connectivity index (χ0) is 19.3. The third kappa shape index (κ3) is 4.78. The molecule has 150 valence electrons. The SMILES string of the molecule is O=C(Cc1csc(-c2ccsc2)n1)N1CCN(C(=O)CN2CCOCC2)CC1. The van der Waals surface area contributed by atoms with Gasteiger partial charge in [-0.2, -0.15) is 11.3 Å². The van der Waals surface area contributed by atoms with Crippen LogP contribution in [0, 0.1) is 0 Å². The zero-order valence-corrected chi connectivity index (χ0v) is 17.3. The second-order valence-corrected chi connectivity index (χ2v) is 8.62. The maximum atomic E-state index is 12.6. The fourth-order valence-electron chi connectivity index (χ4n) is 3.43. The molecule has 2 amide bonds. The summed E-state index contributed by atoms with van der Waals surface area (Å²) in [5.74, 6) is 0.233. The number of rotatable bonds is 5. The first kappa shape index (κ1) is 19.5. The largest absolute Gasteiger partial charge is 0.379 e. The van der Waals surface area contributed by atoms with E-state index in [4.69, 9.17) is 4.74 Å². The lowest BCUT2D eigenvalue weighted by molar-refractivity contribution is -0.140. The highest BCUT2D eigenvalue weighted by molar-refractivity contribution is 7.14. The van der Waals surface area contributed by atoms with Crippen LogP contribution in [-0.2, 0) is 20.7 Å². The molecule has 4 heterocycles. The van der Waals surface area contributed by atoms with E-state index in [1.165, 1.54) is 0 Å². The molecular formula is C19H24N4O3S2. The molecule has 2 aromatic heterocycles. The van der Waals surface area contributed by atoms with Crippen LogP contribution in [0.4, 0.5) is 0 Å². The van der Waals surface area contributed by atoms with E-state index in [1.807, 2.05) is 26.6 Å². The van der Waals surface area contributed by atoms with Gasteiger partial charge in [-0.3, -0.25) is 14.5 Å². The van der Waals surface area contributed by atoms with Gasteiger partial charge in [0.1, 0.15) is 5.01 Å². The Morgan fingerprint density at radius 2 is 1.71 bits per heavy atom. The molecule has 0 radical (unpaired) electrons. The molecule has 0 unspecified atom stereocenters. The Labute approximate surface area is 172 Å². The van der Waals surface area contributed by atoms with Gasteiger partial charge in [0.15, 0.2) is 0 Å². The molecule has 2 aliphatic rings. The first-order valence-electron chi connectivity index (χ1n) is 9.51. The Hall–Kier alpha value is -1.81. The van der Waals surface area contributed by atoms with Gasteiger partial charge in [-0.1, -0.05) is 0 Å². The second kappa shape index (κ2) is 9.13. The van der Waals surface area contributed by atoms with Crippen molar-refractivity contribution in [1.82, 2.24) is 19.7 Å². The van der Waals surface area contributed by atoms with E-state index >= 15 is 0 Å². The van der Waals surface area contributed by atoms with E-state index in [2.05, 4.69) is 15.3 Å². The third-order valence-electron chi connectivity index (χ3n) is 5.10. The normalized spacial score (nSPS) is 18.4. The van der Waals surface area contributed by atoms with Crippen molar-refractivity contribution in [3.8, 4) is 10.6 Å². The number of amides is 2. The predicted octanol–water partition coefficient (Wildman–Crippen LogP) is 1.42. The minimum atomic E-state index is 0.0856. The van der Waals surface area contributed by atoms with Crippen LogP contribution in [0.5, 0.6) is 0 Å². The van der Waals surface area contributed by atoms with Crippen LogP contribution in [0.2, 0.25) is 0 Å². The van der Waals surface area contributed by atoms with E-state index in [0.29, 0.717) is 52.4 Å². The Morgan fingerprint density at radius 1 is 1.00 bits per heavy atom. The van der Waals surface area contributed by atoms with E-state index in [1.54, 1.807) is 22.7 Å². The van der Waals surface area contributed by atoms with Crippen LogP contribution >= 0.6 is 22.7 Å². The van der Waals surface area contributed by atoms with Crippen LogP contribution in [-0.4, -0.2) is 90.5 Å². The first-order valence-corrected chi connectivity index (χ1v) is 11.3. The smallest absolute Gasteiger partial charge is 0.236 e. The highest BCUT2D eigenvalue weighted by atomic mass is 32.1. The monoisotopic (exact) mass is 420 g/mol. The molecule has 0 bridgehead atoms. The van der Waals surface area contributed by atoms with Crippen LogP contribution in [0.3, 0.4) is 0 Å². The van der Waals surface area contributed by atoms with Gasteiger partial charge in [0.25, 0.3) is 0 Å². The predicted molar refractivity (Wildman–Crippen MR) is 110 cm³/mol. The quantitative estimate of drug-likeness (QED) is 0.732. The maximum Gasteiger partial charge on any atom is 0.236 e. The van der Waals surface area contributed by atoms with Gasteiger partial charge in [0.2, 0.25) is 11.8 Å². The molecule has 0 aliphatic carbocycles. The Kier molecular flexibility index (Phi) is 6.36. The van der Waals surface area contributed by atoms with Crippen LogP contribution < -0.4 is 0 Å². The fraction of sp³-hybridized carbons (Fsp3) is 0.526. The average Bonchev–Trinajstić information content (AvgIpc) is 3.40. The summed E-state index contributed by atoms with van der Waals surface area (Å²) in [5, 5.41) is 7.02. The standard InChI is InChI=1S/C19H24N4O3S2/c24-17(11-16-14-28-19(20-16)15-1-10-27-13-15)22-2-4-23(5-3-22)18(25)12-21-6-8-26-9-7-21/h1,10,13-14H,2-9,11-12H2. The summed E-state index contributed by atoms with van der Waals surface area (Å²) < 4.78 is 5.32. The molecule has 2 fully saturated rings. The molecule has 2 aromatic rings. The van der Waals surface area contributed by atoms with Gasteiger partial charge in [0, 0.05) is 55.6 Å². The van der Waals surface area contributed by atoms with Crippen molar-refractivity contribution >= 4 is 34.5 Å². The summed E-state index contributed by atoms with van der Waals surface area (Å²) >= 11 is 3.22. The van der Waals surface area contributed by atoms with Crippen molar-refractivity contribution in [2.75, 3.05) is 59.0 Å². The molecule has 4 rings (SSSR count). The van der Waals surface area contributed by atoms with Gasteiger partial charge < -0.3 is 14.5 Å². The summed E-state index contributed by atoms with van der Waals surface area (Å²) in [6.07, 6.45) is 0.322. The van der Waals surface area contributed by atoms with Crippen molar-refractivity contribution in [2.45, 2.75) is 6.42 Å². The number of thiophene rings is 1. The summed E-state index contributed by atoms with van der Waals surface area (Å²) in [7, 11) is 0. The van der Waals surface area contributed by atoms with Crippen molar-refractivity contribution < 1.29 is 14.3 Å².